The van der Waals surface area contributed by atoms with Crippen molar-refractivity contribution in [2.75, 3.05) is 26.5 Å². The fourth-order valence-electron chi connectivity index (χ4n) is 1.97. The van der Waals surface area contributed by atoms with Crippen LogP contribution in [0.15, 0.2) is 18.2 Å². The standard InChI is InChI=1S/C15H25NO3S/c1-6-16-14(10-20(17)11(2)3)13-9-12(18-4)7-8-15(13)19-5/h7-9,11,14,16H,6,10H2,1-5H3. The van der Waals surface area contributed by atoms with Crippen molar-refractivity contribution >= 4 is 10.8 Å². The van der Waals surface area contributed by atoms with Crippen LogP contribution in [0.5, 0.6) is 11.5 Å². The number of ether oxygens (including phenoxy) is 2. The van der Waals surface area contributed by atoms with Gasteiger partial charge in [-0.3, -0.25) is 4.21 Å². The van der Waals surface area contributed by atoms with Crippen LogP contribution in [-0.2, 0) is 10.8 Å². The van der Waals surface area contributed by atoms with E-state index in [1.807, 2.05) is 39.0 Å². The molecule has 2 unspecified atom stereocenters. The molecule has 114 valence electrons. The van der Waals surface area contributed by atoms with Gasteiger partial charge in [-0.2, -0.15) is 0 Å². The first-order valence-electron chi connectivity index (χ1n) is 6.85. The van der Waals surface area contributed by atoms with Crippen LogP contribution in [0.2, 0.25) is 0 Å². The van der Waals surface area contributed by atoms with E-state index < -0.39 is 10.8 Å². The van der Waals surface area contributed by atoms with Gasteiger partial charge in [-0.1, -0.05) is 20.8 Å². The van der Waals surface area contributed by atoms with Crippen LogP contribution in [0.25, 0.3) is 0 Å². The Morgan fingerprint density at radius 3 is 2.45 bits per heavy atom. The first-order chi connectivity index (χ1) is 9.53. The van der Waals surface area contributed by atoms with Gasteiger partial charge in [0.1, 0.15) is 11.5 Å². The maximum Gasteiger partial charge on any atom is 0.123 e. The van der Waals surface area contributed by atoms with Crippen molar-refractivity contribution in [1.29, 1.82) is 0 Å². The molecule has 1 aromatic rings. The molecule has 2 atom stereocenters. The number of methoxy groups -OCH3 is 2. The van der Waals surface area contributed by atoms with Gasteiger partial charge in [0.05, 0.1) is 14.2 Å². The highest BCUT2D eigenvalue weighted by Crippen LogP contribution is 2.30. The number of benzene rings is 1. The van der Waals surface area contributed by atoms with Gasteiger partial charge in [-0.05, 0) is 24.7 Å². The van der Waals surface area contributed by atoms with Crippen LogP contribution in [0, 0.1) is 0 Å². The molecule has 0 aliphatic carbocycles. The third-order valence-electron chi connectivity index (χ3n) is 3.12. The first-order valence-corrected chi connectivity index (χ1v) is 8.24. The Hall–Kier alpha value is -1.07. The molecule has 0 fully saturated rings. The highest BCUT2D eigenvalue weighted by Gasteiger charge is 2.20. The van der Waals surface area contributed by atoms with Gasteiger partial charge in [0.2, 0.25) is 0 Å². The van der Waals surface area contributed by atoms with Crippen LogP contribution < -0.4 is 14.8 Å². The molecule has 0 aliphatic rings. The predicted octanol–water partition coefficient (Wildman–Crippen LogP) is 2.51. The van der Waals surface area contributed by atoms with E-state index >= 15 is 0 Å². The molecule has 0 spiro atoms. The van der Waals surface area contributed by atoms with Crippen molar-refractivity contribution in [3.63, 3.8) is 0 Å². The Labute approximate surface area is 124 Å². The Bertz CT molecular complexity index is 449. The van der Waals surface area contributed by atoms with E-state index in [0.717, 1.165) is 23.6 Å². The van der Waals surface area contributed by atoms with Crippen LogP contribution in [0.3, 0.4) is 0 Å². The smallest absolute Gasteiger partial charge is 0.123 e. The van der Waals surface area contributed by atoms with Crippen molar-refractivity contribution in [1.82, 2.24) is 5.32 Å². The first kappa shape index (κ1) is 17.0. The lowest BCUT2D eigenvalue weighted by Gasteiger charge is -2.22. The van der Waals surface area contributed by atoms with Gasteiger partial charge in [0.15, 0.2) is 0 Å². The molecule has 0 amide bonds. The van der Waals surface area contributed by atoms with Crippen LogP contribution in [0.4, 0.5) is 0 Å². The topological polar surface area (TPSA) is 47.6 Å². The Balaban J connectivity index is 3.08. The van der Waals surface area contributed by atoms with Crippen molar-refractivity contribution in [3.8, 4) is 11.5 Å². The summed E-state index contributed by atoms with van der Waals surface area (Å²) < 4.78 is 22.9. The molecule has 0 saturated carbocycles. The maximum absolute atomic E-state index is 12.2. The monoisotopic (exact) mass is 299 g/mol. The SMILES string of the molecule is CCNC(CS(=O)C(C)C)c1cc(OC)ccc1OC. The molecule has 0 heterocycles. The number of rotatable bonds is 8. The third-order valence-corrected chi connectivity index (χ3v) is 4.83. The van der Waals surface area contributed by atoms with Crippen molar-refractivity contribution in [2.45, 2.75) is 32.1 Å². The van der Waals surface area contributed by atoms with Gasteiger partial charge >= 0.3 is 0 Å². The number of hydrogen-bond acceptors (Lipinski definition) is 4. The molecule has 4 nitrogen and oxygen atoms in total. The number of nitrogens with one attached hydrogen (secondary N) is 1. The van der Waals surface area contributed by atoms with Crippen LogP contribution in [-0.4, -0.2) is 36.0 Å². The minimum Gasteiger partial charge on any atom is -0.497 e. The largest absolute Gasteiger partial charge is 0.497 e. The normalized spacial score (nSPS) is 14.1. The highest BCUT2D eigenvalue weighted by atomic mass is 32.2. The predicted molar refractivity (Wildman–Crippen MR) is 84.1 cm³/mol. The molecule has 1 N–H and O–H groups in total. The lowest BCUT2D eigenvalue weighted by atomic mass is 10.1. The van der Waals surface area contributed by atoms with Crippen LogP contribution >= 0.6 is 0 Å². The summed E-state index contributed by atoms with van der Waals surface area (Å²) in [6, 6.07) is 5.69. The van der Waals surface area contributed by atoms with Gasteiger partial charge in [0, 0.05) is 33.4 Å². The highest BCUT2D eigenvalue weighted by molar-refractivity contribution is 7.85. The average Bonchev–Trinajstić information content (AvgIpc) is 2.45. The molecule has 0 saturated heterocycles. The zero-order valence-corrected chi connectivity index (χ0v) is 13.8. The molecule has 1 aromatic carbocycles. The zero-order valence-electron chi connectivity index (χ0n) is 12.9. The Morgan fingerprint density at radius 2 is 1.95 bits per heavy atom. The molecule has 0 aromatic heterocycles. The third kappa shape index (κ3) is 4.49. The van der Waals surface area contributed by atoms with E-state index in [0.29, 0.717) is 5.75 Å². The second-order valence-electron chi connectivity index (χ2n) is 4.81. The Morgan fingerprint density at radius 1 is 1.25 bits per heavy atom. The van der Waals surface area contributed by atoms with Crippen molar-refractivity contribution in [2.24, 2.45) is 0 Å². The molecule has 0 radical (unpaired) electrons. The zero-order chi connectivity index (χ0) is 15.1. The Kier molecular flexibility index (Phi) is 7.02. The second kappa shape index (κ2) is 8.27. The van der Waals surface area contributed by atoms with Crippen LogP contribution in [0.1, 0.15) is 32.4 Å². The lowest BCUT2D eigenvalue weighted by Crippen LogP contribution is -2.28. The van der Waals surface area contributed by atoms with E-state index in [1.165, 1.54) is 0 Å². The minimum absolute atomic E-state index is 0.00622. The quantitative estimate of drug-likeness (QED) is 0.801. The molecule has 0 aliphatic heterocycles. The van der Waals surface area contributed by atoms with Crippen molar-refractivity contribution < 1.29 is 13.7 Å². The van der Waals surface area contributed by atoms with E-state index in [-0.39, 0.29) is 11.3 Å². The van der Waals surface area contributed by atoms with Gasteiger partial charge in [0.25, 0.3) is 0 Å². The molecule has 0 bridgehead atoms. The van der Waals surface area contributed by atoms with E-state index in [4.69, 9.17) is 9.47 Å². The fraction of sp³-hybridized carbons (Fsp3) is 0.600. The summed E-state index contributed by atoms with van der Waals surface area (Å²) in [5, 5.41) is 3.53. The summed E-state index contributed by atoms with van der Waals surface area (Å²) in [6.45, 7) is 6.79. The summed E-state index contributed by atoms with van der Waals surface area (Å²) in [7, 11) is 2.40. The lowest BCUT2D eigenvalue weighted by molar-refractivity contribution is 0.392. The summed E-state index contributed by atoms with van der Waals surface area (Å²) in [5.74, 6) is 2.13. The summed E-state index contributed by atoms with van der Waals surface area (Å²) >= 11 is 0. The summed E-state index contributed by atoms with van der Waals surface area (Å²) in [5.41, 5.74) is 0.989. The number of hydrogen-bond donors (Lipinski definition) is 1. The molecular formula is C15H25NO3S. The van der Waals surface area contributed by atoms with Gasteiger partial charge in [-0.25, -0.2) is 0 Å². The molecule has 5 heteroatoms. The molecular weight excluding hydrogens is 274 g/mol. The average molecular weight is 299 g/mol. The fourth-order valence-corrected chi connectivity index (χ4v) is 2.98. The maximum atomic E-state index is 12.2. The summed E-state index contributed by atoms with van der Waals surface area (Å²) in [6.07, 6.45) is 0. The van der Waals surface area contributed by atoms with E-state index in [1.54, 1.807) is 14.2 Å². The second-order valence-corrected chi connectivity index (χ2v) is 6.85. The molecule has 1 rings (SSSR count). The van der Waals surface area contributed by atoms with Gasteiger partial charge in [-0.15, -0.1) is 0 Å². The van der Waals surface area contributed by atoms with E-state index in [9.17, 15) is 4.21 Å². The van der Waals surface area contributed by atoms with E-state index in [2.05, 4.69) is 5.32 Å². The van der Waals surface area contributed by atoms with Gasteiger partial charge < -0.3 is 14.8 Å². The minimum atomic E-state index is -0.881. The summed E-state index contributed by atoms with van der Waals surface area (Å²) in [4.78, 5) is 0. The molecule has 20 heavy (non-hydrogen) atoms. The van der Waals surface area contributed by atoms with Crippen molar-refractivity contribution in [3.05, 3.63) is 23.8 Å².